The number of carbonyl (C=O) groups is 2. The van der Waals surface area contributed by atoms with Gasteiger partial charge in [0.2, 0.25) is 5.78 Å². The molecule has 1 N–H and O–H groups in total. The molecule has 7 nitrogen and oxygen atoms in total. The van der Waals surface area contributed by atoms with Gasteiger partial charge in [-0.25, -0.2) is 4.79 Å². The molecule has 0 aliphatic rings. The van der Waals surface area contributed by atoms with E-state index in [-0.39, 0.29) is 15.7 Å². The first kappa shape index (κ1) is 16.8. The second-order valence-electron chi connectivity index (χ2n) is 5.48. The molecule has 2 heterocycles. The summed E-state index contributed by atoms with van der Waals surface area (Å²) in [7, 11) is 0. The first-order valence-electron chi connectivity index (χ1n) is 7.45. The first-order valence-corrected chi connectivity index (χ1v) is 8.27. The number of aromatic amines is 1. The predicted octanol–water partition coefficient (Wildman–Crippen LogP) is 3.87. The van der Waals surface area contributed by atoms with E-state index in [1.54, 1.807) is 6.92 Å². The van der Waals surface area contributed by atoms with E-state index in [1.807, 2.05) is 24.3 Å². The molecule has 1 aromatic carbocycles. The van der Waals surface area contributed by atoms with E-state index < -0.39 is 17.0 Å². The maximum atomic E-state index is 12.7. The van der Waals surface area contributed by atoms with Gasteiger partial charge in [0.1, 0.15) is 4.88 Å². The second kappa shape index (κ2) is 6.48. The third-order valence-electron chi connectivity index (χ3n) is 3.77. The molecule has 0 saturated heterocycles. The van der Waals surface area contributed by atoms with Crippen molar-refractivity contribution in [1.29, 1.82) is 0 Å². The number of aryl methyl sites for hydroxylation is 1. The summed E-state index contributed by atoms with van der Waals surface area (Å²) in [5.41, 5.74) is 2.00. The number of benzene rings is 1. The Kier molecular flexibility index (Phi) is 4.37. The fourth-order valence-electron chi connectivity index (χ4n) is 2.61. The number of hydrogen-bond acceptors (Lipinski definition) is 6. The molecular weight excluding hydrogens is 344 g/mol. The number of para-hydroxylation sites is 1. The van der Waals surface area contributed by atoms with Gasteiger partial charge in [0, 0.05) is 28.2 Å². The van der Waals surface area contributed by atoms with Crippen LogP contribution < -0.4 is 0 Å². The van der Waals surface area contributed by atoms with Crippen LogP contribution in [0.1, 0.15) is 32.6 Å². The number of hydrogen-bond donors (Lipinski definition) is 1. The first-order chi connectivity index (χ1) is 11.9. The Balaban J connectivity index is 1.81. The number of fused-ring (bicyclic) bond motifs is 1. The van der Waals surface area contributed by atoms with Gasteiger partial charge in [0.15, 0.2) is 6.10 Å². The summed E-state index contributed by atoms with van der Waals surface area (Å²) in [6.07, 6.45) is -1.01. The van der Waals surface area contributed by atoms with Crippen LogP contribution in [-0.2, 0) is 4.74 Å². The van der Waals surface area contributed by atoms with Gasteiger partial charge in [0.05, 0.1) is 4.92 Å². The molecule has 0 fully saturated rings. The van der Waals surface area contributed by atoms with Crippen molar-refractivity contribution in [1.82, 2.24) is 4.98 Å². The molecule has 0 aliphatic heterocycles. The number of H-pyrrole nitrogens is 1. The van der Waals surface area contributed by atoms with Crippen LogP contribution in [0.15, 0.2) is 36.4 Å². The average molecular weight is 358 g/mol. The molecule has 3 rings (SSSR count). The highest BCUT2D eigenvalue weighted by atomic mass is 32.1. The molecule has 0 unspecified atom stereocenters. The van der Waals surface area contributed by atoms with Gasteiger partial charge in [-0.2, -0.15) is 0 Å². The lowest BCUT2D eigenvalue weighted by molar-refractivity contribution is -0.380. The highest BCUT2D eigenvalue weighted by Crippen LogP contribution is 2.26. The third-order valence-corrected chi connectivity index (χ3v) is 4.78. The lowest BCUT2D eigenvalue weighted by Crippen LogP contribution is -2.24. The van der Waals surface area contributed by atoms with Gasteiger partial charge in [-0.1, -0.05) is 29.5 Å². The third kappa shape index (κ3) is 3.16. The monoisotopic (exact) mass is 358 g/mol. The van der Waals surface area contributed by atoms with Crippen LogP contribution in [0.5, 0.6) is 0 Å². The fourth-order valence-corrected chi connectivity index (χ4v) is 3.31. The minimum Gasteiger partial charge on any atom is -0.450 e. The predicted molar refractivity (Wildman–Crippen MR) is 93.2 cm³/mol. The summed E-state index contributed by atoms with van der Waals surface area (Å²) in [5, 5.41) is 11.3. The van der Waals surface area contributed by atoms with E-state index in [1.165, 1.54) is 19.1 Å². The van der Waals surface area contributed by atoms with Crippen molar-refractivity contribution < 1.29 is 19.2 Å². The van der Waals surface area contributed by atoms with Gasteiger partial charge in [0.25, 0.3) is 0 Å². The molecule has 25 heavy (non-hydrogen) atoms. The maximum absolute atomic E-state index is 12.7. The number of thiophene rings is 1. The normalized spacial score (nSPS) is 12.1. The van der Waals surface area contributed by atoms with Crippen LogP contribution >= 0.6 is 11.3 Å². The van der Waals surface area contributed by atoms with E-state index in [0.717, 1.165) is 10.9 Å². The molecule has 0 bridgehead atoms. The van der Waals surface area contributed by atoms with E-state index in [0.29, 0.717) is 22.6 Å². The van der Waals surface area contributed by atoms with Crippen molar-refractivity contribution >= 4 is 39.0 Å². The Hall–Kier alpha value is -3.00. The lowest BCUT2D eigenvalue weighted by atomic mass is 10.0. The standard InChI is InChI=1S/C17H14N2O5S/c1-9-15(11-5-3-4-6-12(11)18-9)16(20)10(2)24-17(21)13-7-8-14(25-13)19(22)23/h3-8,10,18H,1-2H3/t10-/m1/s1. The summed E-state index contributed by atoms with van der Waals surface area (Å²) in [4.78, 5) is 38.2. The van der Waals surface area contributed by atoms with Crippen molar-refractivity contribution in [2.24, 2.45) is 0 Å². The molecule has 0 aliphatic carbocycles. The van der Waals surface area contributed by atoms with Gasteiger partial charge in [-0.05, 0) is 26.0 Å². The zero-order valence-electron chi connectivity index (χ0n) is 13.4. The number of nitrogens with one attached hydrogen (secondary N) is 1. The fraction of sp³-hybridized carbons (Fsp3) is 0.176. The highest BCUT2D eigenvalue weighted by Gasteiger charge is 2.26. The minimum atomic E-state index is -1.01. The van der Waals surface area contributed by atoms with E-state index in [4.69, 9.17) is 4.74 Å². The topological polar surface area (TPSA) is 102 Å². The van der Waals surface area contributed by atoms with E-state index in [2.05, 4.69) is 4.98 Å². The van der Waals surface area contributed by atoms with Crippen LogP contribution in [0.2, 0.25) is 0 Å². The molecule has 0 saturated carbocycles. The summed E-state index contributed by atoms with van der Waals surface area (Å²) < 4.78 is 5.20. The number of carbonyl (C=O) groups excluding carboxylic acids is 2. The lowest BCUT2D eigenvalue weighted by Gasteiger charge is -2.11. The Morgan fingerprint density at radius 3 is 2.64 bits per heavy atom. The molecule has 2 aromatic heterocycles. The summed E-state index contributed by atoms with van der Waals surface area (Å²) >= 11 is 0.715. The van der Waals surface area contributed by atoms with Gasteiger partial charge in [-0.3, -0.25) is 14.9 Å². The number of nitro groups is 1. The van der Waals surface area contributed by atoms with Crippen LogP contribution in [0, 0.1) is 17.0 Å². The van der Waals surface area contributed by atoms with Crippen molar-refractivity contribution in [2.45, 2.75) is 20.0 Å². The maximum Gasteiger partial charge on any atom is 0.349 e. The zero-order chi connectivity index (χ0) is 18.1. The number of esters is 1. The van der Waals surface area contributed by atoms with E-state index in [9.17, 15) is 19.7 Å². The SMILES string of the molecule is Cc1[nH]c2ccccc2c1C(=O)[C@@H](C)OC(=O)c1ccc([N+](=O)[O-])s1. The number of rotatable bonds is 5. The molecule has 128 valence electrons. The Bertz CT molecular complexity index is 988. The number of ether oxygens (including phenoxy) is 1. The number of aromatic nitrogens is 1. The van der Waals surface area contributed by atoms with Crippen LogP contribution in [0.25, 0.3) is 10.9 Å². The number of ketones is 1. The van der Waals surface area contributed by atoms with Crippen LogP contribution in [-0.4, -0.2) is 27.8 Å². The number of nitrogens with zero attached hydrogens (tertiary/aromatic N) is 1. The molecule has 3 aromatic rings. The van der Waals surface area contributed by atoms with Crippen LogP contribution in [0.3, 0.4) is 0 Å². The summed E-state index contributed by atoms with van der Waals surface area (Å²) in [6.45, 7) is 3.27. The van der Waals surface area contributed by atoms with Crippen molar-refractivity contribution in [3.05, 3.63) is 62.6 Å². The molecule has 1 atom stereocenters. The second-order valence-corrected chi connectivity index (χ2v) is 6.54. The summed E-state index contributed by atoms with van der Waals surface area (Å²) in [5.74, 6) is -1.08. The minimum absolute atomic E-state index is 0.0852. The van der Waals surface area contributed by atoms with E-state index >= 15 is 0 Å². The highest BCUT2D eigenvalue weighted by molar-refractivity contribution is 7.17. The van der Waals surface area contributed by atoms with Gasteiger partial charge >= 0.3 is 11.0 Å². The smallest absolute Gasteiger partial charge is 0.349 e. The molecule has 8 heteroatoms. The Labute approximate surface area is 146 Å². The van der Waals surface area contributed by atoms with Gasteiger partial charge in [-0.15, -0.1) is 0 Å². The average Bonchev–Trinajstić information content (AvgIpc) is 3.18. The quantitative estimate of drug-likeness (QED) is 0.323. The van der Waals surface area contributed by atoms with Crippen molar-refractivity contribution in [3.8, 4) is 0 Å². The van der Waals surface area contributed by atoms with Gasteiger partial charge < -0.3 is 9.72 Å². The molecule has 0 spiro atoms. The zero-order valence-corrected chi connectivity index (χ0v) is 14.3. The number of Topliss-reactive ketones (excluding diaryl/α,β-unsaturated/α-hetero) is 1. The van der Waals surface area contributed by atoms with Crippen LogP contribution in [0.4, 0.5) is 5.00 Å². The van der Waals surface area contributed by atoms with Crippen molar-refractivity contribution in [3.63, 3.8) is 0 Å². The molecular formula is C17H14N2O5S. The largest absolute Gasteiger partial charge is 0.450 e. The molecule has 0 amide bonds. The Morgan fingerprint density at radius 2 is 1.96 bits per heavy atom. The van der Waals surface area contributed by atoms with Crippen molar-refractivity contribution in [2.75, 3.05) is 0 Å². The summed E-state index contributed by atoms with van der Waals surface area (Å²) in [6, 6.07) is 9.92. The Morgan fingerprint density at radius 1 is 1.24 bits per heavy atom. The molecule has 0 radical (unpaired) electrons.